The van der Waals surface area contributed by atoms with E-state index in [1.807, 2.05) is 24.5 Å². The number of rotatable bonds is 8. The van der Waals surface area contributed by atoms with E-state index in [0.29, 0.717) is 0 Å². The summed E-state index contributed by atoms with van der Waals surface area (Å²) in [5.74, 6) is 0. The van der Waals surface area contributed by atoms with Gasteiger partial charge in [0.2, 0.25) is 0 Å². The standard InChI is InChI=1S/C68H44N4/c1-3-19-49(20-4-1)71(52-36-38-66-61(43-52)55-25-13-14-30-65(55)72(66)50-21-5-2-6-22-50)51-35-37-60-62(44-51)68(57-27-10-8-24-54(57)48-34-32-46-18-16-40-70-64(46)42-48)59-29-12-11-28-58(59)67(60)56-26-9-7-23-53(56)47-33-31-45-17-15-39-69-63(45)41-47/h1-44H. The van der Waals surface area contributed by atoms with Crippen LogP contribution in [0.2, 0.25) is 0 Å². The Kier molecular flexibility index (Phi) is 9.82. The number of hydrogen-bond acceptors (Lipinski definition) is 3. The molecule has 11 aromatic carbocycles. The van der Waals surface area contributed by atoms with E-state index >= 15 is 0 Å². The fourth-order valence-electron chi connectivity index (χ4n) is 11.2. The summed E-state index contributed by atoms with van der Waals surface area (Å²) in [6, 6.07) is 92.6. The lowest BCUT2D eigenvalue weighted by atomic mass is 9.82. The van der Waals surface area contributed by atoms with Gasteiger partial charge in [-0.05, 0) is 151 Å². The molecule has 0 aliphatic carbocycles. The van der Waals surface area contributed by atoms with Crippen LogP contribution in [0.15, 0.2) is 267 Å². The van der Waals surface area contributed by atoms with Crippen LogP contribution in [0, 0.1) is 0 Å². The molecule has 72 heavy (non-hydrogen) atoms. The maximum Gasteiger partial charge on any atom is 0.0708 e. The zero-order valence-electron chi connectivity index (χ0n) is 39.2. The van der Waals surface area contributed by atoms with Gasteiger partial charge in [0.25, 0.3) is 0 Å². The number of pyridine rings is 2. The number of benzene rings is 11. The Labute approximate surface area is 417 Å². The van der Waals surface area contributed by atoms with Crippen molar-refractivity contribution in [3.63, 3.8) is 0 Å². The highest BCUT2D eigenvalue weighted by molar-refractivity contribution is 6.24. The highest BCUT2D eigenvalue weighted by atomic mass is 15.1. The molecule has 14 aromatic rings. The molecule has 3 heterocycles. The van der Waals surface area contributed by atoms with Crippen LogP contribution in [-0.4, -0.2) is 14.5 Å². The van der Waals surface area contributed by atoms with Gasteiger partial charge in [0.1, 0.15) is 0 Å². The van der Waals surface area contributed by atoms with E-state index in [-0.39, 0.29) is 0 Å². The smallest absolute Gasteiger partial charge is 0.0708 e. The second-order valence-corrected chi connectivity index (χ2v) is 18.5. The van der Waals surface area contributed by atoms with Crippen LogP contribution in [-0.2, 0) is 0 Å². The first-order chi connectivity index (χ1) is 35.7. The van der Waals surface area contributed by atoms with Crippen LogP contribution in [0.1, 0.15) is 0 Å². The van der Waals surface area contributed by atoms with Gasteiger partial charge < -0.3 is 9.47 Å². The molecule has 0 atom stereocenters. The highest BCUT2D eigenvalue weighted by Gasteiger charge is 2.24. The number of aromatic nitrogens is 3. The third-order valence-electron chi connectivity index (χ3n) is 14.4. The van der Waals surface area contributed by atoms with Gasteiger partial charge in [-0.1, -0.05) is 170 Å². The molecule has 14 rings (SSSR count). The van der Waals surface area contributed by atoms with E-state index in [1.165, 1.54) is 49.1 Å². The first kappa shape index (κ1) is 41.3. The van der Waals surface area contributed by atoms with Gasteiger partial charge in [-0.15, -0.1) is 0 Å². The van der Waals surface area contributed by atoms with E-state index in [0.717, 1.165) is 83.3 Å². The molecule has 336 valence electrons. The third kappa shape index (κ3) is 6.84. The van der Waals surface area contributed by atoms with Gasteiger partial charge in [-0.3, -0.25) is 9.97 Å². The molecule has 0 N–H and O–H groups in total. The SMILES string of the molecule is c1ccc(N(c2ccc3c(-c4ccccc4-c4ccc5cccnc5c4)c4ccccc4c(-c4ccccc4-c4ccc5cccnc5c4)c3c2)c2ccc3c(c2)c2ccccc2n3-c2ccccc2)cc1. The zero-order chi connectivity index (χ0) is 47.5. The molecule has 0 unspecified atom stereocenters. The quantitative estimate of drug-likeness (QED) is 0.142. The lowest BCUT2D eigenvalue weighted by molar-refractivity contribution is 1.18. The normalized spacial score (nSPS) is 11.6. The molecule has 0 aliphatic heterocycles. The van der Waals surface area contributed by atoms with Gasteiger partial charge >= 0.3 is 0 Å². The lowest BCUT2D eigenvalue weighted by Crippen LogP contribution is -2.10. The minimum absolute atomic E-state index is 0.972. The highest BCUT2D eigenvalue weighted by Crippen LogP contribution is 2.50. The molecule has 0 bridgehead atoms. The van der Waals surface area contributed by atoms with Gasteiger partial charge in [0, 0.05) is 56.7 Å². The average Bonchev–Trinajstić information content (AvgIpc) is 3.78. The Morgan fingerprint density at radius 3 is 1.39 bits per heavy atom. The molecule has 3 aromatic heterocycles. The molecular formula is C68H44N4. The van der Waals surface area contributed by atoms with Crippen molar-refractivity contribution in [1.29, 1.82) is 0 Å². The van der Waals surface area contributed by atoms with Crippen LogP contribution in [0.4, 0.5) is 17.1 Å². The van der Waals surface area contributed by atoms with Crippen molar-refractivity contribution in [2.75, 3.05) is 4.90 Å². The topological polar surface area (TPSA) is 34.0 Å². The molecule has 0 spiro atoms. The Balaban J connectivity index is 1.06. The first-order valence-corrected chi connectivity index (χ1v) is 24.5. The van der Waals surface area contributed by atoms with Crippen LogP contribution in [0.3, 0.4) is 0 Å². The number of anilines is 3. The lowest BCUT2D eigenvalue weighted by Gasteiger charge is -2.27. The van der Waals surface area contributed by atoms with E-state index in [2.05, 4.69) is 252 Å². The minimum Gasteiger partial charge on any atom is -0.310 e. The van der Waals surface area contributed by atoms with Crippen LogP contribution in [0.25, 0.3) is 115 Å². The number of nitrogens with zero attached hydrogens (tertiary/aromatic N) is 4. The van der Waals surface area contributed by atoms with Gasteiger partial charge in [-0.2, -0.15) is 0 Å². The summed E-state index contributed by atoms with van der Waals surface area (Å²) in [5, 5.41) is 9.35. The molecule has 4 nitrogen and oxygen atoms in total. The minimum atomic E-state index is 0.972. The molecule has 0 radical (unpaired) electrons. The van der Waals surface area contributed by atoms with Crippen LogP contribution >= 0.6 is 0 Å². The van der Waals surface area contributed by atoms with E-state index in [9.17, 15) is 0 Å². The van der Waals surface area contributed by atoms with Gasteiger partial charge in [0.15, 0.2) is 0 Å². The predicted octanol–water partition coefficient (Wildman–Crippen LogP) is 18.3. The fourth-order valence-corrected chi connectivity index (χ4v) is 11.2. The summed E-state index contributed by atoms with van der Waals surface area (Å²) in [5.41, 5.74) is 17.9. The summed E-state index contributed by atoms with van der Waals surface area (Å²) in [6.45, 7) is 0. The first-order valence-electron chi connectivity index (χ1n) is 24.5. The summed E-state index contributed by atoms with van der Waals surface area (Å²) in [4.78, 5) is 12.0. The Bertz CT molecular complexity index is 4400. The van der Waals surface area contributed by atoms with Crippen molar-refractivity contribution in [2.45, 2.75) is 0 Å². The van der Waals surface area contributed by atoms with Crippen molar-refractivity contribution in [2.24, 2.45) is 0 Å². The molecule has 0 saturated heterocycles. The summed E-state index contributed by atoms with van der Waals surface area (Å²) < 4.78 is 2.38. The van der Waals surface area contributed by atoms with Crippen molar-refractivity contribution in [1.82, 2.24) is 14.5 Å². The summed E-state index contributed by atoms with van der Waals surface area (Å²) in [7, 11) is 0. The Morgan fingerprint density at radius 2 is 0.764 bits per heavy atom. The molecule has 0 amide bonds. The summed E-state index contributed by atoms with van der Waals surface area (Å²) in [6.07, 6.45) is 3.75. The summed E-state index contributed by atoms with van der Waals surface area (Å²) >= 11 is 0. The predicted molar refractivity (Wildman–Crippen MR) is 303 cm³/mol. The average molecular weight is 917 g/mol. The van der Waals surface area contributed by atoms with Crippen molar-refractivity contribution >= 4 is 82.2 Å². The molecule has 0 fully saturated rings. The third-order valence-corrected chi connectivity index (χ3v) is 14.4. The molecule has 4 heteroatoms. The zero-order valence-corrected chi connectivity index (χ0v) is 39.2. The Morgan fingerprint density at radius 1 is 0.292 bits per heavy atom. The van der Waals surface area contributed by atoms with Crippen molar-refractivity contribution in [3.8, 4) is 50.2 Å². The Hall–Kier alpha value is -9.64. The molecular weight excluding hydrogens is 873 g/mol. The van der Waals surface area contributed by atoms with Crippen LogP contribution < -0.4 is 4.90 Å². The fraction of sp³-hybridized carbons (Fsp3) is 0. The van der Waals surface area contributed by atoms with Gasteiger partial charge in [0.05, 0.1) is 22.1 Å². The van der Waals surface area contributed by atoms with Crippen LogP contribution in [0.5, 0.6) is 0 Å². The molecule has 0 saturated carbocycles. The van der Waals surface area contributed by atoms with E-state index in [4.69, 9.17) is 9.97 Å². The monoisotopic (exact) mass is 916 g/mol. The largest absolute Gasteiger partial charge is 0.310 e. The number of para-hydroxylation sites is 3. The second kappa shape index (κ2) is 17.1. The van der Waals surface area contributed by atoms with Crippen molar-refractivity contribution in [3.05, 3.63) is 267 Å². The maximum absolute atomic E-state index is 4.79. The molecule has 0 aliphatic rings. The van der Waals surface area contributed by atoms with Gasteiger partial charge in [-0.25, -0.2) is 0 Å². The number of hydrogen-bond donors (Lipinski definition) is 0. The van der Waals surface area contributed by atoms with Crippen molar-refractivity contribution < 1.29 is 0 Å². The van der Waals surface area contributed by atoms with E-state index in [1.54, 1.807) is 0 Å². The number of fused-ring (bicyclic) bond motifs is 7. The maximum atomic E-state index is 4.79. The van der Waals surface area contributed by atoms with E-state index < -0.39 is 0 Å². The second-order valence-electron chi connectivity index (χ2n) is 18.5.